The van der Waals surface area contributed by atoms with Gasteiger partial charge in [-0.25, -0.2) is 0 Å². The predicted octanol–water partition coefficient (Wildman–Crippen LogP) is 5.51. The molecule has 45 heavy (non-hydrogen) atoms. The number of fused-ring (bicyclic) bond motifs is 1. The molecule has 4 atom stereocenters. The van der Waals surface area contributed by atoms with Gasteiger partial charge in [0.15, 0.2) is 0 Å². The van der Waals surface area contributed by atoms with Crippen LogP contribution in [0.15, 0.2) is 78.9 Å². The van der Waals surface area contributed by atoms with Crippen LogP contribution in [0.25, 0.3) is 0 Å². The summed E-state index contributed by atoms with van der Waals surface area (Å²) in [4.78, 5) is 43.7. The Labute approximate surface area is 266 Å². The molecule has 3 aromatic rings. The van der Waals surface area contributed by atoms with Crippen molar-refractivity contribution in [2.24, 2.45) is 5.92 Å². The van der Waals surface area contributed by atoms with E-state index in [1.54, 1.807) is 78.4 Å². The van der Waals surface area contributed by atoms with Gasteiger partial charge in [-0.2, -0.15) is 0 Å². The molecule has 0 bridgehead atoms. The molecule has 0 spiro atoms. The second kappa shape index (κ2) is 16.2. The third-order valence-corrected chi connectivity index (χ3v) is 8.17. The van der Waals surface area contributed by atoms with Crippen molar-refractivity contribution < 1.29 is 29.0 Å². The first-order chi connectivity index (χ1) is 21.7. The quantitative estimate of drug-likeness (QED) is 0.363. The number of anilines is 1. The van der Waals surface area contributed by atoms with Gasteiger partial charge in [0.05, 0.1) is 30.4 Å². The number of amides is 3. The normalized spacial score (nSPS) is 20.2. The molecule has 1 aliphatic heterocycles. The first kappa shape index (κ1) is 33.7. The monoisotopic (exact) mass is 615 g/mol. The van der Waals surface area contributed by atoms with Crippen LogP contribution in [-0.4, -0.2) is 84.2 Å². The van der Waals surface area contributed by atoms with Gasteiger partial charge in [0.25, 0.3) is 17.7 Å². The topological polar surface area (TPSA) is 108 Å². The zero-order chi connectivity index (χ0) is 32.3. The van der Waals surface area contributed by atoms with Crippen molar-refractivity contribution in [1.82, 2.24) is 9.80 Å². The van der Waals surface area contributed by atoms with E-state index in [0.29, 0.717) is 41.3 Å². The zero-order valence-corrected chi connectivity index (χ0v) is 26.6. The number of nitrogens with one attached hydrogen (secondary N) is 1. The number of carbonyl (C=O) groups excluding carboxylic acids is 3. The lowest BCUT2D eigenvalue weighted by molar-refractivity contribution is -0.0149. The number of carbonyl (C=O) groups is 3. The summed E-state index contributed by atoms with van der Waals surface area (Å²) in [5.74, 6) is -0.479. The van der Waals surface area contributed by atoms with Crippen molar-refractivity contribution in [3.8, 4) is 5.75 Å². The van der Waals surface area contributed by atoms with Crippen molar-refractivity contribution in [3.05, 3.63) is 95.6 Å². The highest BCUT2D eigenvalue weighted by molar-refractivity contribution is 6.05. The van der Waals surface area contributed by atoms with E-state index in [1.807, 2.05) is 38.1 Å². The average Bonchev–Trinajstić information content (AvgIpc) is 3.06. The van der Waals surface area contributed by atoms with E-state index in [9.17, 15) is 19.5 Å². The Balaban J connectivity index is 1.63. The Morgan fingerprint density at radius 3 is 2.33 bits per heavy atom. The van der Waals surface area contributed by atoms with E-state index >= 15 is 0 Å². The molecule has 0 aliphatic carbocycles. The van der Waals surface area contributed by atoms with Gasteiger partial charge in [-0.1, -0.05) is 43.3 Å². The van der Waals surface area contributed by atoms with Crippen molar-refractivity contribution >= 4 is 23.4 Å². The van der Waals surface area contributed by atoms with Gasteiger partial charge < -0.3 is 29.7 Å². The Morgan fingerprint density at radius 1 is 1.00 bits per heavy atom. The van der Waals surface area contributed by atoms with Crippen LogP contribution in [0.4, 0.5) is 5.69 Å². The van der Waals surface area contributed by atoms with Gasteiger partial charge in [-0.15, -0.1) is 0 Å². The lowest BCUT2D eigenvalue weighted by Gasteiger charge is -2.36. The van der Waals surface area contributed by atoms with Crippen molar-refractivity contribution in [2.75, 3.05) is 38.7 Å². The molecule has 3 amide bonds. The Bertz CT molecular complexity index is 1420. The van der Waals surface area contributed by atoms with Crippen LogP contribution < -0.4 is 10.1 Å². The first-order valence-electron chi connectivity index (χ1n) is 15.7. The maximum Gasteiger partial charge on any atom is 0.258 e. The average molecular weight is 616 g/mol. The number of ether oxygens (including phenoxy) is 2. The minimum atomic E-state index is -0.509. The standard InChI is InChI=1S/C36H45N3O6/c1-25-22-39(26(2)24-40)36(43)31-21-30(37-34(41)28-14-7-5-8-15-28)18-19-32(31)45-27(3)13-11-12-20-44-33(25)23-38(4)35(42)29-16-9-6-10-17-29/h5-10,14-19,21,25-27,33,40H,11-13,20,22-24H2,1-4H3,(H,37,41)/t25-,26-,27+,33+/m1/s1. The third-order valence-electron chi connectivity index (χ3n) is 8.17. The van der Waals surface area contributed by atoms with Crippen molar-refractivity contribution in [2.45, 2.75) is 58.3 Å². The van der Waals surface area contributed by atoms with Crippen LogP contribution >= 0.6 is 0 Å². The Hall–Kier alpha value is -4.21. The number of benzene rings is 3. The molecule has 240 valence electrons. The highest BCUT2D eigenvalue weighted by Crippen LogP contribution is 2.29. The fourth-order valence-corrected chi connectivity index (χ4v) is 5.41. The van der Waals surface area contributed by atoms with E-state index in [0.717, 1.165) is 19.3 Å². The van der Waals surface area contributed by atoms with Crippen LogP contribution in [0.3, 0.4) is 0 Å². The Morgan fingerprint density at radius 2 is 1.67 bits per heavy atom. The van der Waals surface area contributed by atoms with Gasteiger partial charge in [0.1, 0.15) is 5.75 Å². The number of aliphatic hydroxyl groups excluding tert-OH is 1. The highest BCUT2D eigenvalue weighted by atomic mass is 16.5. The number of nitrogens with zero attached hydrogens (tertiary/aromatic N) is 2. The summed E-state index contributed by atoms with van der Waals surface area (Å²) in [6.45, 7) is 6.64. The van der Waals surface area contributed by atoms with Gasteiger partial charge in [0, 0.05) is 49.5 Å². The predicted molar refractivity (Wildman–Crippen MR) is 175 cm³/mol. The summed E-state index contributed by atoms with van der Waals surface area (Å²) in [6.07, 6.45) is 1.92. The van der Waals surface area contributed by atoms with E-state index < -0.39 is 6.04 Å². The van der Waals surface area contributed by atoms with Gasteiger partial charge in [-0.05, 0) is 75.6 Å². The van der Waals surface area contributed by atoms with Crippen LogP contribution in [0, 0.1) is 5.92 Å². The molecule has 0 unspecified atom stereocenters. The van der Waals surface area contributed by atoms with Crippen LogP contribution in [0.2, 0.25) is 0 Å². The SMILES string of the molecule is C[C@@H]1CN([C@H](C)CO)C(=O)c2cc(NC(=O)c3ccccc3)ccc2O[C@@H](C)CCCCO[C@H]1CN(C)C(=O)c1ccccc1. The number of aliphatic hydroxyl groups is 1. The second-order valence-corrected chi connectivity index (χ2v) is 11.9. The number of likely N-dealkylation sites (N-methyl/N-ethyl adjacent to an activating group) is 1. The Kier molecular flexibility index (Phi) is 12.1. The van der Waals surface area contributed by atoms with E-state index in [-0.39, 0.29) is 49.0 Å². The molecule has 0 radical (unpaired) electrons. The highest BCUT2D eigenvalue weighted by Gasteiger charge is 2.31. The molecule has 0 saturated heterocycles. The van der Waals surface area contributed by atoms with E-state index in [1.165, 1.54) is 0 Å². The fourth-order valence-electron chi connectivity index (χ4n) is 5.41. The fraction of sp³-hybridized carbons (Fsp3) is 0.417. The lowest BCUT2D eigenvalue weighted by atomic mass is 10.0. The second-order valence-electron chi connectivity index (χ2n) is 11.9. The minimum absolute atomic E-state index is 0.104. The molecule has 1 heterocycles. The molecule has 0 fully saturated rings. The molecule has 4 rings (SSSR count). The molecule has 1 aliphatic rings. The van der Waals surface area contributed by atoms with Crippen LogP contribution in [0.1, 0.15) is 71.1 Å². The maximum atomic E-state index is 14.3. The molecular formula is C36H45N3O6. The molecule has 9 heteroatoms. The molecular weight excluding hydrogens is 570 g/mol. The zero-order valence-electron chi connectivity index (χ0n) is 26.6. The van der Waals surface area contributed by atoms with Gasteiger partial charge >= 0.3 is 0 Å². The number of hydrogen-bond donors (Lipinski definition) is 2. The molecule has 9 nitrogen and oxygen atoms in total. The molecule has 2 N–H and O–H groups in total. The lowest BCUT2D eigenvalue weighted by Crippen LogP contribution is -2.48. The molecule has 0 aromatic heterocycles. The maximum absolute atomic E-state index is 14.3. The summed E-state index contributed by atoms with van der Waals surface area (Å²) in [6, 6.07) is 22.6. The summed E-state index contributed by atoms with van der Waals surface area (Å²) in [5, 5.41) is 13.1. The summed E-state index contributed by atoms with van der Waals surface area (Å²) in [7, 11) is 1.76. The van der Waals surface area contributed by atoms with Gasteiger partial charge in [-0.3, -0.25) is 14.4 Å². The van der Waals surface area contributed by atoms with Crippen molar-refractivity contribution in [1.29, 1.82) is 0 Å². The van der Waals surface area contributed by atoms with E-state index in [2.05, 4.69) is 5.32 Å². The minimum Gasteiger partial charge on any atom is -0.490 e. The molecule has 3 aromatic carbocycles. The van der Waals surface area contributed by atoms with Crippen molar-refractivity contribution in [3.63, 3.8) is 0 Å². The summed E-state index contributed by atoms with van der Waals surface area (Å²) < 4.78 is 12.7. The number of hydrogen-bond acceptors (Lipinski definition) is 6. The largest absolute Gasteiger partial charge is 0.490 e. The first-order valence-corrected chi connectivity index (χ1v) is 15.7. The number of rotatable bonds is 7. The summed E-state index contributed by atoms with van der Waals surface area (Å²) >= 11 is 0. The van der Waals surface area contributed by atoms with Crippen LogP contribution in [0.5, 0.6) is 5.75 Å². The molecule has 0 saturated carbocycles. The third kappa shape index (κ3) is 9.15. The summed E-state index contributed by atoms with van der Waals surface area (Å²) in [5.41, 5.74) is 1.85. The smallest absolute Gasteiger partial charge is 0.258 e. The van der Waals surface area contributed by atoms with Gasteiger partial charge in [0.2, 0.25) is 0 Å². The van der Waals surface area contributed by atoms with E-state index in [4.69, 9.17) is 9.47 Å². The van der Waals surface area contributed by atoms with Crippen LogP contribution in [-0.2, 0) is 4.74 Å².